The van der Waals surface area contributed by atoms with Gasteiger partial charge in [-0.1, -0.05) is 195 Å². The molecule has 1 fully saturated rings. The summed E-state index contributed by atoms with van der Waals surface area (Å²) in [4.78, 5) is 25.0. The molecule has 6 N–H and O–H groups in total. The van der Waals surface area contributed by atoms with E-state index < -0.39 is 49.5 Å². The van der Waals surface area contributed by atoms with E-state index in [9.17, 15) is 35.1 Å². The molecule has 420 valence electrons. The molecule has 7 unspecified atom stereocenters. The number of hydrogen-bond donors (Lipinski definition) is 6. The fourth-order valence-electron chi connectivity index (χ4n) is 8.60. The zero-order valence-corrected chi connectivity index (χ0v) is 46.1. The normalized spacial score (nSPS) is 19.6. The van der Waals surface area contributed by atoms with Gasteiger partial charge in [0, 0.05) is 12.8 Å². The van der Waals surface area contributed by atoms with E-state index in [-0.39, 0.29) is 18.5 Å². The number of aliphatic hydroxyl groups is 5. The van der Waals surface area contributed by atoms with Crippen LogP contribution in [0, 0.1) is 0 Å². The van der Waals surface area contributed by atoms with E-state index in [4.69, 9.17) is 14.2 Å². The van der Waals surface area contributed by atoms with Gasteiger partial charge in [-0.25, -0.2) is 0 Å². The van der Waals surface area contributed by atoms with Gasteiger partial charge in [-0.05, 0) is 110 Å². The van der Waals surface area contributed by atoms with Gasteiger partial charge >= 0.3 is 5.97 Å². The molecule has 0 aromatic carbocycles. The van der Waals surface area contributed by atoms with Crippen molar-refractivity contribution in [2.24, 2.45) is 0 Å². The van der Waals surface area contributed by atoms with Crippen molar-refractivity contribution in [3.63, 3.8) is 0 Å². The predicted molar refractivity (Wildman–Crippen MR) is 301 cm³/mol. The average Bonchev–Trinajstić information content (AvgIpc) is 3.39. The number of aliphatic hydroxyl groups excluding tert-OH is 5. The van der Waals surface area contributed by atoms with Crippen LogP contribution in [0.1, 0.15) is 232 Å². The summed E-state index contributed by atoms with van der Waals surface area (Å²) in [7, 11) is 0. The first-order valence-corrected chi connectivity index (χ1v) is 29.3. The van der Waals surface area contributed by atoms with Crippen LogP contribution in [0.15, 0.2) is 85.1 Å². The van der Waals surface area contributed by atoms with Gasteiger partial charge in [0.2, 0.25) is 5.91 Å². The Morgan fingerprint density at radius 2 is 0.986 bits per heavy atom. The summed E-state index contributed by atoms with van der Waals surface area (Å²) in [5.41, 5.74) is 0. The van der Waals surface area contributed by atoms with Crippen molar-refractivity contribution in [3.05, 3.63) is 85.1 Å². The Bertz CT molecular complexity index is 1490. The van der Waals surface area contributed by atoms with Gasteiger partial charge in [0.05, 0.1) is 32.0 Å². The lowest BCUT2D eigenvalue weighted by atomic mass is 9.99. The van der Waals surface area contributed by atoms with E-state index in [0.29, 0.717) is 25.9 Å². The maximum Gasteiger partial charge on any atom is 0.305 e. The molecule has 0 saturated carbocycles. The van der Waals surface area contributed by atoms with E-state index in [0.717, 1.165) is 103 Å². The first kappa shape index (κ1) is 67.9. The summed E-state index contributed by atoms with van der Waals surface area (Å²) in [6.45, 7) is 3.99. The zero-order chi connectivity index (χ0) is 53.1. The van der Waals surface area contributed by atoms with Crippen LogP contribution in [0.5, 0.6) is 0 Å². The van der Waals surface area contributed by atoms with Crippen LogP contribution in [-0.4, -0.2) is 100 Å². The monoisotopic (exact) mass is 1030 g/mol. The highest BCUT2D eigenvalue weighted by Gasteiger charge is 2.44. The highest BCUT2D eigenvalue weighted by molar-refractivity contribution is 5.76. The molecule has 0 aromatic heterocycles. The lowest BCUT2D eigenvalue weighted by molar-refractivity contribution is -0.302. The Morgan fingerprint density at radius 3 is 1.51 bits per heavy atom. The average molecular weight is 1030 g/mol. The molecule has 0 bridgehead atoms. The minimum atomic E-state index is -1.58. The van der Waals surface area contributed by atoms with Crippen LogP contribution in [0.25, 0.3) is 0 Å². The number of carbonyl (C=O) groups is 2. The number of carbonyl (C=O) groups excluding carboxylic acids is 2. The first-order chi connectivity index (χ1) is 35.7. The second-order valence-electron chi connectivity index (χ2n) is 20.0. The molecule has 0 spiro atoms. The van der Waals surface area contributed by atoms with Crippen LogP contribution >= 0.6 is 0 Å². The molecule has 1 heterocycles. The highest BCUT2D eigenvalue weighted by Crippen LogP contribution is 2.23. The van der Waals surface area contributed by atoms with E-state index in [1.807, 2.05) is 19.1 Å². The number of nitrogens with one attached hydrogen (secondary N) is 1. The van der Waals surface area contributed by atoms with Gasteiger partial charge < -0.3 is 45.1 Å². The third-order valence-electron chi connectivity index (χ3n) is 13.3. The lowest BCUT2D eigenvalue weighted by Crippen LogP contribution is -2.60. The van der Waals surface area contributed by atoms with E-state index >= 15 is 0 Å². The summed E-state index contributed by atoms with van der Waals surface area (Å²) < 4.78 is 16.6. The number of unbranched alkanes of at least 4 members (excludes halogenated alkanes) is 24. The molecule has 0 aliphatic carbocycles. The van der Waals surface area contributed by atoms with Crippen LogP contribution < -0.4 is 5.32 Å². The van der Waals surface area contributed by atoms with Crippen molar-refractivity contribution >= 4 is 11.9 Å². The Hall–Kier alpha value is -3.16. The summed E-state index contributed by atoms with van der Waals surface area (Å²) in [5.74, 6) is -0.235. The topological polar surface area (TPSA) is 175 Å². The highest BCUT2D eigenvalue weighted by atomic mass is 16.7. The van der Waals surface area contributed by atoms with Crippen LogP contribution in [0.2, 0.25) is 0 Å². The SMILES string of the molecule is C/C=C/CC/C=C/CC/C=C/C(O)C(COC1OC(CO)C(O)C(O)C1O)NC(=O)CCCCCCCCC/C=C\C/C=C\CCCCCCCCCCCOC(=O)CCCCCCC/C=C\C/C=C\CCC. The predicted octanol–water partition coefficient (Wildman–Crippen LogP) is 13.4. The fourth-order valence-corrected chi connectivity index (χ4v) is 8.60. The maximum atomic E-state index is 13.0. The largest absolute Gasteiger partial charge is 0.466 e. The van der Waals surface area contributed by atoms with Gasteiger partial charge in [-0.15, -0.1) is 0 Å². The number of rotatable bonds is 49. The van der Waals surface area contributed by atoms with Crippen LogP contribution in [-0.2, 0) is 23.8 Å². The zero-order valence-electron chi connectivity index (χ0n) is 46.1. The standard InChI is InChI=1S/C62H107NO10/c1-3-5-7-9-11-13-14-26-30-34-38-42-46-50-58(67)71-51-47-43-39-35-31-28-25-23-21-19-17-15-16-18-20-22-24-27-29-33-37-41-45-49-57(66)63-54(55(65)48-44-40-36-32-12-10-8-6-4-2)53-72-62-61(70)60(69)59(68)56(52-64)73-62/h4,6-7,9,12-15,17-18,20,32,44,48,54-56,59-62,64-65,68-70H,3,5,8,10-11,16,19,21-31,33-43,45-47,49-53H2,1-2H3,(H,63,66)/b6-4+,9-7-,14-13-,17-15-,20-18-,32-12+,48-44+. The molecular formula is C62H107NO10. The second kappa shape index (κ2) is 51.0. The van der Waals surface area contributed by atoms with Crippen molar-refractivity contribution in [2.75, 3.05) is 19.8 Å². The summed E-state index contributed by atoms with van der Waals surface area (Å²) in [5, 5.41) is 54.1. The minimum absolute atomic E-state index is 0.0224. The molecule has 7 atom stereocenters. The molecule has 0 radical (unpaired) electrons. The second-order valence-corrected chi connectivity index (χ2v) is 20.0. The summed E-state index contributed by atoms with van der Waals surface area (Å²) in [6.07, 6.45) is 58.5. The Balaban J connectivity index is 2.04. The van der Waals surface area contributed by atoms with E-state index in [2.05, 4.69) is 79.1 Å². The molecule has 1 rings (SSSR count). The minimum Gasteiger partial charge on any atom is -0.466 e. The molecule has 1 aliphatic rings. The summed E-state index contributed by atoms with van der Waals surface area (Å²) in [6, 6.07) is -0.843. The van der Waals surface area contributed by atoms with Crippen molar-refractivity contribution in [1.29, 1.82) is 0 Å². The van der Waals surface area contributed by atoms with Gasteiger partial charge in [0.15, 0.2) is 6.29 Å². The first-order valence-electron chi connectivity index (χ1n) is 29.3. The van der Waals surface area contributed by atoms with Crippen LogP contribution in [0.3, 0.4) is 0 Å². The lowest BCUT2D eigenvalue weighted by Gasteiger charge is -2.40. The number of allylic oxidation sites excluding steroid dienone is 13. The van der Waals surface area contributed by atoms with E-state index in [1.54, 1.807) is 6.08 Å². The van der Waals surface area contributed by atoms with Gasteiger partial charge in [0.1, 0.15) is 24.4 Å². The Labute approximate surface area is 444 Å². The van der Waals surface area contributed by atoms with Crippen molar-refractivity contribution in [2.45, 2.75) is 275 Å². The number of ether oxygens (including phenoxy) is 3. The van der Waals surface area contributed by atoms with E-state index in [1.165, 1.54) is 96.3 Å². The third kappa shape index (κ3) is 40.8. The molecule has 1 aliphatic heterocycles. The van der Waals surface area contributed by atoms with Gasteiger partial charge in [-0.3, -0.25) is 9.59 Å². The third-order valence-corrected chi connectivity index (χ3v) is 13.3. The molecule has 1 saturated heterocycles. The molecule has 11 heteroatoms. The number of hydrogen-bond acceptors (Lipinski definition) is 10. The van der Waals surface area contributed by atoms with Crippen LogP contribution in [0.4, 0.5) is 0 Å². The van der Waals surface area contributed by atoms with Crippen molar-refractivity contribution in [3.8, 4) is 0 Å². The quantitative estimate of drug-likeness (QED) is 0.0195. The Morgan fingerprint density at radius 1 is 0.534 bits per heavy atom. The molecule has 11 nitrogen and oxygen atoms in total. The molecule has 1 amide bonds. The maximum absolute atomic E-state index is 13.0. The molecule has 73 heavy (non-hydrogen) atoms. The molecular weight excluding hydrogens is 919 g/mol. The van der Waals surface area contributed by atoms with Gasteiger partial charge in [0.25, 0.3) is 0 Å². The van der Waals surface area contributed by atoms with Crippen molar-refractivity contribution in [1.82, 2.24) is 5.32 Å². The summed E-state index contributed by atoms with van der Waals surface area (Å²) >= 11 is 0. The van der Waals surface area contributed by atoms with Gasteiger partial charge in [-0.2, -0.15) is 0 Å². The number of esters is 1. The fraction of sp³-hybridized carbons (Fsp3) is 0.742. The smallest absolute Gasteiger partial charge is 0.305 e. The molecule has 0 aromatic rings. The Kier molecular flexibility index (Phi) is 47.4. The number of amides is 1. The van der Waals surface area contributed by atoms with Crippen molar-refractivity contribution < 1.29 is 49.3 Å².